The van der Waals surface area contributed by atoms with Crippen molar-refractivity contribution in [1.82, 2.24) is 19.8 Å². The highest BCUT2D eigenvalue weighted by atomic mass is 32.2. The number of hydrogen-bond donors (Lipinski definition) is 2. The predicted octanol–water partition coefficient (Wildman–Crippen LogP) is 0.480. The third kappa shape index (κ3) is 4.54. The monoisotopic (exact) mass is 324 g/mol. The van der Waals surface area contributed by atoms with Crippen molar-refractivity contribution in [1.29, 1.82) is 0 Å². The minimum atomic E-state index is -3.38. The molecule has 0 radical (unpaired) electrons. The first-order valence-corrected chi connectivity index (χ1v) is 8.91. The van der Waals surface area contributed by atoms with Gasteiger partial charge in [0.05, 0.1) is 24.0 Å². The molecule has 2 rings (SSSR count). The van der Waals surface area contributed by atoms with Crippen molar-refractivity contribution in [2.24, 2.45) is 0 Å². The van der Waals surface area contributed by atoms with E-state index < -0.39 is 16.1 Å². The van der Waals surface area contributed by atoms with Crippen LogP contribution in [0.3, 0.4) is 0 Å². The molecular weight excluding hydrogens is 304 g/mol. The molecule has 1 atom stereocenters. The molecule has 2 aromatic rings. The summed E-state index contributed by atoms with van der Waals surface area (Å²) in [5, 5.41) is 8.10. The minimum absolute atomic E-state index is 0.337. The van der Waals surface area contributed by atoms with Crippen molar-refractivity contribution >= 4 is 26.8 Å². The van der Waals surface area contributed by atoms with E-state index in [-0.39, 0.29) is 5.91 Å². The van der Waals surface area contributed by atoms with Crippen LogP contribution in [0.1, 0.15) is 13.3 Å². The largest absolute Gasteiger partial charge is 0.355 e. The Morgan fingerprint density at radius 3 is 2.82 bits per heavy atom. The maximum atomic E-state index is 11.7. The van der Waals surface area contributed by atoms with Gasteiger partial charge in [-0.1, -0.05) is 18.2 Å². The fourth-order valence-corrected chi connectivity index (χ4v) is 2.92. The second-order valence-electron chi connectivity index (χ2n) is 5.18. The van der Waals surface area contributed by atoms with Crippen molar-refractivity contribution in [3.8, 4) is 0 Å². The number of hydrogen-bond acceptors (Lipinski definition) is 4. The SMILES string of the molecule is C[C@H](NS(C)(=O)=O)C(=O)NCCCn1ncc2ccccc21. The second-order valence-corrected chi connectivity index (χ2v) is 6.96. The van der Waals surface area contributed by atoms with Gasteiger partial charge in [0.25, 0.3) is 0 Å². The van der Waals surface area contributed by atoms with Crippen molar-refractivity contribution in [2.45, 2.75) is 25.9 Å². The van der Waals surface area contributed by atoms with E-state index in [1.165, 1.54) is 6.92 Å². The average molecular weight is 324 g/mol. The first-order chi connectivity index (χ1) is 10.4. The molecule has 0 spiro atoms. The van der Waals surface area contributed by atoms with Crippen LogP contribution in [0, 0.1) is 0 Å². The topological polar surface area (TPSA) is 93.1 Å². The number of rotatable bonds is 7. The molecule has 2 N–H and O–H groups in total. The van der Waals surface area contributed by atoms with Crippen molar-refractivity contribution in [3.05, 3.63) is 30.5 Å². The maximum Gasteiger partial charge on any atom is 0.237 e. The fraction of sp³-hybridized carbons (Fsp3) is 0.429. The van der Waals surface area contributed by atoms with Crippen LogP contribution in [0.25, 0.3) is 10.9 Å². The molecule has 120 valence electrons. The van der Waals surface area contributed by atoms with Gasteiger partial charge in [0.1, 0.15) is 0 Å². The van der Waals surface area contributed by atoms with E-state index in [2.05, 4.69) is 15.1 Å². The molecule has 0 unspecified atom stereocenters. The number of benzene rings is 1. The fourth-order valence-electron chi connectivity index (χ4n) is 2.17. The zero-order valence-corrected chi connectivity index (χ0v) is 13.4. The Kier molecular flexibility index (Phi) is 5.15. The lowest BCUT2D eigenvalue weighted by molar-refractivity contribution is -0.122. The van der Waals surface area contributed by atoms with Gasteiger partial charge in [-0.25, -0.2) is 13.1 Å². The molecule has 0 aliphatic carbocycles. The van der Waals surface area contributed by atoms with Crippen LogP contribution in [0.4, 0.5) is 0 Å². The quantitative estimate of drug-likeness (QED) is 0.725. The maximum absolute atomic E-state index is 11.7. The Labute approximate surface area is 129 Å². The average Bonchev–Trinajstić information content (AvgIpc) is 2.85. The highest BCUT2D eigenvalue weighted by molar-refractivity contribution is 7.88. The van der Waals surface area contributed by atoms with E-state index in [4.69, 9.17) is 0 Å². The lowest BCUT2D eigenvalue weighted by Gasteiger charge is -2.12. The Hall–Kier alpha value is -1.93. The van der Waals surface area contributed by atoms with Gasteiger partial charge in [-0.15, -0.1) is 0 Å². The van der Waals surface area contributed by atoms with E-state index in [0.29, 0.717) is 19.5 Å². The number of sulfonamides is 1. The summed E-state index contributed by atoms with van der Waals surface area (Å²) < 4.78 is 26.2. The zero-order chi connectivity index (χ0) is 16.2. The number of aryl methyl sites for hydroxylation is 1. The lowest BCUT2D eigenvalue weighted by Crippen LogP contribution is -2.44. The van der Waals surface area contributed by atoms with Crippen LogP contribution in [0.15, 0.2) is 30.5 Å². The van der Waals surface area contributed by atoms with Gasteiger partial charge in [-0.3, -0.25) is 9.48 Å². The Balaban J connectivity index is 1.78. The van der Waals surface area contributed by atoms with E-state index in [1.54, 1.807) is 0 Å². The summed E-state index contributed by atoms with van der Waals surface area (Å²) in [6.45, 7) is 2.65. The molecule has 0 saturated carbocycles. The van der Waals surface area contributed by atoms with Crippen molar-refractivity contribution < 1.29 is 13.2 Å². The first-order valence-electron chi connectivity index (χ1n) is 7.02. The van der Waals surface area contributed by atoms with Gasteiger partial charge in [0.15, 0.2) is 0 Å². The van der Waals surface area contributed by atoms with Gasteiger partial charge < -0.3 is 5.32 Å². The van der Waals surface area contributed by atoms with Crippen LogP contribution in [0.2, 0.25) is 0 Å². The summed E-state index contributed by atoms with van der Waals surface area (Å²) in [4.78, 5) is 11.7. The van der Waals surface area contributed by atoms with Crippen LogP contribution in [-0.2, 0) is 21.4 Å². The minimum Gasteiger partial charge on any atom is -0.355 e. The molecule has 1 aromatic carbocycles. The number of fused-ring (bicyclic) bond motifs is 1. The third-order valence-electron chi connectivity index (χ3n) is 3.18. The van der Waals surface area contributed by atoms with E-state index in [9.17, 15) is 13.2 Å². The van der Waals surface area contributed by atoms with Crippen LogP contribution < -0.4 is 10.0 Å². The number of nitrogens with one attached hydrogen (secondary N) is 2. The van der Waals surface area contributed by atoms with Crippen LogP contribution in [0.5, 0.6) is 0 Å². The highest BCUT2D eigenvalue weighted by Gasteiger charge is 2.16. The molecule has 0 aliphatic heterocycles. The molecular formula is C14H20N4O3S. The van der Waals surface area contributed by atoms with Gasteiger partial charge >= 0.3 is 0 Å². The summed E-state index contributed by atoms with van der Waals surface area (Å²) in [5.41, 5.74) is 1.06. The summed E-state index contributed by atoms with van der Waals surface area (Å²) in [7, 11) is -3.38. The second kappa shape index (κ2) is 6.89. The van der Waals surface area contributed by atoms with E-state index in [1.807, 2.05) is 35.1 Å². The molecule has 0 bridgehead atoms. The molecule has 7 nitrogen and oxygen atoms in total. The number of aromatic nitrogens is 2. The Morgan fingerprint density at radius 1 is 1.36 bits per heavy atom. The predicted molar refractivity (Wildman–Crippen MR) is 84.8 cm³/mol. The summed E-state index contributed by atoms with van der Waals surface area (Å²) >= 11 is 0. The van der Waals surface area contributed by atoms with Gasteiger partial charge in [-0.2, -0.15) is 5.10 Å². The van der Waals surface area contributed by atoms with Crippen LogP contribution in [-0.4, -0.2) is 42.9 Å². The van der Waals surface area contributed by atoms with Gasteiger partial charge in [0.2, 0.25) is 15.9 Å². The number of amides is 1. The van der Waals surface area contributed by atoms with Crippen molar-refractivity contribution in [3.63, 3.8) is 0 Å². The standard InChI is InChI=1S/C14H20N4O3S/c1-11(17-22(2,20)21)14(19)15-8-5-9-18-13-7-4-3-6-12(13)10-16-18/h3-4,6-7,10-11,17H,5,8-9H2,1-2H3,(H,15,19)/t11-/m0/s1. The molecule has 22 heavy (non-hydrogen) atoms. The van der Waals surface area contributed by atoms with E-state index in [0.717, 1.165) is 17.2 Å². The third-order valence-corrected chi connectivity index (χ3v) is 3.96. The number of carbonyl (C=O) groups excluding carboxylic acids is 1. The first kappa shape index (κ1) is 16.4. The molecule has 1 heterocycles. The number of nitrogens with zero attached hydrogens (tertiary/aromatic N) is 2. The Bertz CT molecular complexity index is 754. The molecule has 1 amide bonds. The lowest BCUT2D eigenvalue weighted by atomic mass is 10.2. The highest BCUT2D eigenvalue weighted by Crippen LogP contribution is 2.12. The molecule has 8 heteroatoms. The number of para-hydroxylation sites is 1. The summed E-state index contributed by atoms with van der Waals surface area (Å²) in [5.74, 6) is -0.337. The molecule has 0 saturated heterocycles. The number of carbonyl (C=O) groups is 1. The molecule has 1 aromatic heterocycles. The van der Waals surface area contributed by atoms with E-state index >= 15 is 0 Å². The summed E-state index contributed by atoms with van der Waals surface area (Å²) in [6, 6.07) is 7.14. The van der Waals surface area contributed by atoms with Crippen molar-refractivity contribution in [2.75, 3.05) is 12.8 Å². The van der Waals surface area contributed by atoms with Gasteiger partial charge in [-0.05, 0) is 19.4 Å². The molecule has 0 aliphatic rings. The zero-order valence-electron chi connectivity index (χ0n) is 12.6. The summed E-state index contributed by atoms with van der Waals surface area (Å²) in [6.07, 6.45) is 3.55. The normalized spacial score (nSPS) is 13.2. The Morgan fingerprint density at radius 2 is 2.09 bits per heavy atom. The van der Waals surface area contributed by atoms with Crippen LogP contribution >= 0.6 is 0 Å². The smallest absolute Gasteiger partial charge is 0.237 e. The molecule has 0 fully saturated rings. The van der Waals surface area contributed by atoms with Gasteiger partial charge in [0, 0.05) is 18.5 Å².